The predicted octanol–water partition coefficient (Wildman–Crippen LogP) is 3.50. The van der Waals surface area contributed by atoms with Gasteiger partial charge in [0.1, 0.15) is 12.1 Å². The van der Waals surface area contributed by atoms with Crippen LogP contribution in [0.2, 0.25) is 0 Å². The van der Waals surface area contributed by atoms with Crippen LogP contribution in [0.4, 0.5) is 5.82 Å². The van der Waals surface area contributed by atoms with Crippen molar-refractivity contribution in [3.63, 3.8) is 0 Å². The topological polar surface area (TPSA) is 91.7 Å². The Morgan fingerprint density at radius 3 is 2.84 bits per heavy atom. The van der Waals surface area contributed by atoms with Gasteiger partial charge in [0.15, 0.2) is 11.5 Å². The summed E-state index contributed by atoms with van der Waals surface area (Å²) in [6.07, 6.45) is 1.90. The van der Waals surface area contributed by atoms with E-state index in [1.165, 1.54) is 0 Å². The van der Waals surface area contributed by atoms with E-state index in [1.807, 2.05) is 30.3 Å². The molecule has 0 spiro atoms. The molecule has 7 nitrogen and oxygen atoms in total. The van der Waals surface area contributed by atoms with Gasteiger partial charge in [-0.25, -0.2) is 0 Å². The second kappa shape index (κ2) is 6.61. The van der Waals surface area contributed by atoms with Crippen LogP contribution in [0, 0.1) is 11.3 Å². The Labute approximate surface area is 152 Å². The average Bonchev–Trinajstić information content (AvgIpc) is 3.31. The van der Waals surface area contributed by atoms with Crippen molar-refractivity contribution in [2.75, 3.05) is 11.4 Å². The normalized spacial score (nSPS) is 16.8. The first kappa shape index (κ1) is 15.7. The van der Waals surface area contributed by atoms with Gasteiger partial charge >= 0.3 is 0 Å². The lowest BCUT2D eigenvalue weighted by atomic mass is 10.2. The van der Waals surface area contributed by atoms with E-state index in [0.29, 0.717) is 23.2 Å². The van der Waals surface area contributed by atoms with Gasteiger partial charge in [0.25, 0.3) is 0 Å². The molecule has 3 heterocycles. The van der Waals surface area contributed by atoms with Crippen molar-refractivity contribution < 1.29 is 4.52 Å². The number of aromatic nitrogens is 4. The molecule has 0 N–H and O–H groups in total. The highest BCUT2D eigenvalue weighted by molar-refractivity contribution is 9.10. The lowest BCUT2D eigenvalue weighted by Gasteiger charge is -2.22. The summed E-state index contributed by atoms with van der Waals surface area (Å²) in [6.45, 7) is 0.831. The minimum Gasteiger partial charge on any atom is -0.343 e. The van der Waals surface area contributed by atoms with Crippen LogP contribution in [0.25, 0.3) is 11.4 Å². The summed E-state index contributed by atoms with van der Waals surface area (Å²) in [4.78, 5) is 6.67. The van der Waals surface area contributed by atoms with E-state index in [1.54, 1.807) is 12.1 Å². The Balaban J connectivity index is 1.63. The van der Waals surface area contributed by atoms with Gasteiger partial charge < -0.3 is 9.42 Å². The number of anilines is 1. The summed E-state index contributed by atoms with van der Waals surface area (Å²) < 4.78 is 6.45. The molecule has 1 aliphatic rings. The predicted molar refractivity (Wildman–Crippen MR) is 93.5 cm³/mol. The SMILES string of the molecule is N#Cc1ccc(N2CCCC2c2nc(-c3ccccc3Br)no2)nn1. The summed E-state index contributed by atoms with van der Waals surface area (Å²) in [5.74, 6) is 1.83. The van der Waals surface area contributed by atoms with Crippen LogP contribution >= 0.6 is 15.9 Å². The van der Waals surface area contributed by atoms with E-state index < -0.39 is 0 Å². The fourth-order valence-corrected chi connectivity index (χ4v) is 3.42. The number of nitriles is 1. The second-order valence-corrected chi connectivity index (χ2v) is 6.53. The molecule has 1 aromatic carbocycles. The van der Waals surface area contributed by atoms with Crippen LogP contribution in [0.3, 0.4) is 0 Å². The maximum absolute atomic E-state index is 8.85. The molecule has 4 rings (SSSR count). The van der Waals surface area contributed by atoms with Crippen molar-refractivity contribution in [2.24, 2.45) is 0 Å². The third kappa shape index (κ3) is 2.98. The third-order valence-corrected chi connectivity index (χ3v) is 4.85. The van der Waals surface area contributed by atoms with E-state index in [0.717, 1.165) is 29.4 Å². The molecule has 0 aliphatic carbocycles. The van der Waals surface area contributed by atoms with Crippen molar-refractivity contribution in [3.8, 4) is 17.5 Å². The first-order valence-electron chi connectivity index (χ1n) is 7.85. The van der Waals surface area contributed by atoms with Crippen LogP contribution in [-0.4, -0.2) is 26.9 Å². The van der Waals surface area contributed by atoms with Crippen LogP contribution in [0.1, 0.15) is 30.5 Å². The summed E-state index contributed by atoms with van der Waals surface area (Å²) in [5, 5.41) is 21.0. The molecule has 1 atom stereocenters. The molecule has 3 aromatic rings. The molecule has 8 heteroatoms. The zero-order chi connectivity index (χ0) is 17.2. The van der Waals surface area contributed by atoms with Crippen molar-refractivity contribution in [1.29, 1.82) is 5.26 Å². The number of nitrogens with zero attached hydrogens (tertiary/aromatic N) is 6. The Morgan fingerprint density at radius 1 is 1.20 bits per heavy atom. The number of rotatable bonds is 3. The molecule has 124 valence electrons. The maximum atomic E-state index is 8.85. The molecule has 0 amide bonds. The molecular weight excluding hydrogens is 384 g/mol. The van der Waals surface area contributed by atoms with Crippen molar-refractivity contribution in [2.45, 2.75) is 18.9 Å². The van der Waals surface area contributed by atoms with E-state index in [2.05, 4.69) is 41.2 Å². The molecule has 2 aromatic heterocycles. The fourth-order valence-electron chi connectivity index (χ4n) is 2.96. The molecule has 0 saturated carbocycles. The molecule has 1 saturated heterocycles. The Morgan fingerprint density at radius 2 is 2.08 bits per heavy atom. The van der Waals surface area contributed by atoms with Crippen LogP contribution in [-0.2, 0) is 0 Å². The minimum atomic E-state index is -0.0361. The molecule has 1 fully saturated rings. The zero-order valence-electron chi connectivity index (χ0n) is 13.1. The number of benzene rings is 1. The highest BCUT2D eigenvalue weighted by Crippen LogP contribution is 2.35. The van der Waals surface area contributed by atoms with Gasteiger partial charge in [-0.3, -0.25) is 0 Å². The molecule has 1 unspecified atom stereocenters. The van der Waals surface area contributed by atoms with Gasteiger partial charge in [-0.15, -0.1) is 10.2 Å². The van der Waals surface area contributed by atoms with E-state index in [-0.39, 0.29) is 6.04 Å². The lowest BCUT2D eigenvalue weighted by molar-refractivity contribution is 0.354. The van der Waals surface area contributed by atoms with E-state index >= 15 is 0 Å². The number of halogens is 1. The van der Waals surface area contributed by atoms with Gasteiger partial charge in [-0.2, -0.15) is 10.2 Å². The molecule has 25 heavy (non-hydrogen) atoms. The van der Waals surface area contributed by atoms with Crippen LogP contribution in [0.15, 0.2) is 45.4 Å². The quantitative estimate of drug-likeness (QED) is 0.668. The third-order valence-electron chi connectivity index (χ3n) is 4.15. The molecule has 1 aliphatic heterocycles. The Kier molecular flexibility index (Phi) is 4.15. The second-order valence-electron chi connectivity index (χ2n) is 5.68. The van der Waals surface area contributed by atoms with Crippen molar-refractivity contribution in [1.82, 2.24) is 20.3 Å². The molecular formula is C17H13BrN6O. The highest BCUT2D eigenvalue weighted by Gasteiger charge is 2.32. The minimum absolute atomic E-state index is 0.0361. The molecule has 0 bridgehead atoms. The zero-order valence-corrected chi connectivity index (χ0v) is 14.7. The van der Waals surface area contributed by atoms with Gasteiger partial charge in [-0.05, 0) is 37.1 Å². The maximum Gasteiger partial charge on any atom is 0.249 e. The van der Waals surface area contributed by atoms with E-state index in [9.17, 15) is 0 Å². The average molecular weight is 397 g/mol. The summed E-state index contributed by atoms with van der Waals surface area (Å²) in [7, 11) is 0. The first-order valence-corrected chi connectivity index (χ1v) is 8.64. The van der Waals surface area contributed by atoms with Crippen molar-refractivity contribution in [3.05, 3.63) is 52.5 Å². The largest absolute Gasteiger partial charge is 0.343 e. The van der Waals surface area contributed by atoms with Gasteiger partial charge in [-0.1, -0.05) is 33.2 Å². The number of hydrogen-bond acceptors (Lipinski definition) is 7. The summed E-state index contributed by atoms with van der Waals surface area (Å²) in [5.41, 5.74) is 1.19. The highest BCUT2D eigenvalue weighted by atomic mass is 79.9. The monoisotopic (exact) mass is 396 g/mol. The fraction of sp³-hybridized carbons (Fsp3) is 0.235. The Bertz CT molecular complexity index is 933. The smallest absolute Gasteiger partial charge is 0.249 e. The summed E-state index contributed by atoms with van der Waals surface area (Å²) in [6, 6.07) is 13.2. The standard InChI is InChI=1S/C17H13BrN6O/c18-13-5-2-1-4-12(13)16-20-17(25-23-16)14-6-3-9-24(14)15-8-7-11(10-19)21-22-15/h1-2,4-5,7-8,14H,3,6,9H2. The lowest BCUT2D eigenvalue weighted by Crippen LogP contribution is -2.24. The number of hydrogen-bond donors (Lipinski definition) is 0. The van der Waals surface area contributed by atoms with Crippen LogP contribution < -0.4 is 4.90 Å². The Hall–Kier alpha value is -2.79. The molecule has 0 radical (unpaired) electrons. The van der Waals surface area contributed by atoms with E-state index in [4.69, 9.17) is 9.78 Å². The van der Waals surface area contributed by atoms with Gasteiger partial charge in [0, 0.05) is 16.6 Å². The van der Waals surface area contributed by atoms with Crippen molar-refractivity contribution >= 4 is 21.7 Å². The van der Waals surface area contributed by atoms with Gasteiger partial charge in [0.2, 0.25) is 11.7 Å². The van der Waals surface area contributed by atoms with Gasteiger partial charge in [0.05, 0.1) is 0 Å². The first-order chi connectivity index (χ1) is 12.3. The van der Waals surface area contributed by atoms with Crippen LogP contribution in [0.5, 0.6) is 0 Å². The summed E-state index contributed by atoms with van der Waals surface area (Å²) >= 11 is 3.51.